The Morgan fingerprint density at radius 2 is 2.36 bits per heavy atom. The molecule has 0 saturated carbocycles. The van der Waals surface area contributed by atoms with E-state index in [1.165, 1.54) is 6.34 Å². The van der Waals surface area contributed by atoms with Crippen LogP contribution in [0.3, 0.4) is 0 Å². The van der Waals surface area contributed by atoms with Gasteiger partial charge >= 0.3 is 0 Å². The highest BCUT2D eigenvalue weighted by atomic mass is 15.3. The number of hydrogen-bond donors (Lipinski definition) is 2. The molecule has 1 aromatic heterocycles. The molecule has 3 N–H and O–H groups in total. The highest BCUT2D eigenvalue weighted by molar-refractivity contribution is 5.58. The molecular weight excluding hydrogens is 182 g/mol. The summed E-state index contributed by atoms with van der Waals surface area (Å²) in [5, 5.41) is 9.34. The number of aromatic nitrogens is 2. The largest absolute Gasteiger partial charge is 0.314 e. The molecule has 0 aliphatic carbocycles. The summed E-state index contributed by atoms with van der Waals surface area (Å²) < 4.78 is 0. The molecule has 0 amide bonds. The lowest BCUT2D eigenvalue weighted by Crippen LogP contribution is -2.06. The van der Waals surface area contributed by atoms with E-state index in [1.54, 1.807) is 12.4 Å². The molecule has 14 heavy (non-hydrogen) atoms. The summed E-state index contributed by atoms with van der Waals surface area (Å²) in [5.41, 5.74) is 0.854. The topological polar surface area (TPSA) is 101 Å². The Kier molecular flexibility index (Phi) is 4.15. The van der Waals surface area contributed by atoms with Gasteiger partial charge in [0.2, 0.25) is 0 Å². The Labute approximate surface area is 81.2 Å². The highest BCUT2D eigenvalue weighted by Crippen LogP contribution is 2.03. The van der Waals surface area contributed by atoms with Crippen LogP contribution in [0.5, 0.6) is 0 Å². The van der Waals surface area contributed by atoms with E-state index in [4.69, 9.17) is 5.84 Å². The van der Waals surface area contributed by atoms with Gasteiger partial charge < -0.3 is 11.2 Å². The molecule has 0 aliphatic heterocycles. The van der Waals surface area contributed by atoms with Crippen LogP contribution in [-0.4, -0.2) is 23.4 Å². The molecular formula is C7H11N7. The van der Waals surface area contributed by atoms with Crippen LogP contribution in [0.4, 0.5) is 5.82 Å². The number of hydrogen-bond acceptors (Lipinski definition) is 5. The van der Waals surface area contributed by atoms with E-state index in [0.29, 0.717) is 12.4 Å². The van der Waals surface area contributed by atoms with Crippen molar-refractivity contribution < 1.29 is 0 Å². The Bertz CT molecular complexity index is 315. The van der Waals surface area contributed by atoms with Crippen LogP contribution in [-0.2, 0) is 6.54 Å². The number of nitrogens with one attached hydrogen (secondary N) is 1. The molecule has 0 saturated heterocycles. The van der Waals surface area contributed by atoms with Crippen LogP contribution in [0.25, 0.3) is 0 Å². The Morgan fingerprint density at radius 3 is 2.93 bits per heavy atom. The van der Waals surface area contributed by atoms with Gasteiger partial charge in [0, 0.05) is 6.54 Å². The van der Waals surface area contributed by atoms with Crippen LogP contribution >= 0.6 is 0 Å². The van der Waals surface area contributed by atoms with E-state index in [9.17, 15) is 0 Å². The van der Waals surface area contributed by atoms with Gasteiger partial charge in [0.05, 0.1) is 18.1 Å². The first-order valence-corrected chi connectivity index (χ1v) is 3.95. The third kappa shape index (κ3) is 3.23. The molecule has 0 radical (unpaired) electrons. The number of aliphatic imine (C=N–C) groups is 1. The lowest BCUT2D eigenvalue weighted by molar-refractivity contribution is 0.784. The van der Waals surface area contributed by atoms with Crippen LogP contribution < -0.4 is 11.2 Å². The van der Waals surface area contributed by atoms with Crippen LogP contribution in [0.1, 0.15) is 5.69 Å². The monoisotopic (exact) mass is 193 g/mol. The lowest BCUT2D eigenvalue weighted by Gasteiger charge is -1.97. The van der Waals surface area contributed by atoms with E-state index in [0.717, 1.165) is 5.69 Å². The SMILES string of the molecule is CNCc1cnc(N=CN=NN)cn1. The normalized spacial score (nSPS) is 11.5. The van der Waals surface area contributed by atoms with Crippen molar-refractivity contribution in [1.82, 2.24) is 15.3 Å². The summed E-state index contributed by atoms with van der Waals surface area (Å²) in [6, 6.07) is 0. The fourth-order valence-electron chi connectivity index (χ4n) is 0.802. The van der Waals surface area contributed by atoms with Gasteiger partial charge in [-0.15, -0.1) is 5.11 Å². The first kappa shape index (κ1) is 10.2. The van der Waals surface area contributed by atoms with E-state index >= 15 is 0 Å². The average Bonchev–Trinajstić information content (AvgIpc) is 2.21. The van der Waals surface area contributed by atoms with Gasteiger partial charge in [-0.05, 0) is 7.05 Å². The van der Waals surface area contributed by atoms with Gasteiger partial charge in [0.25, 0.3) is 0 Å². The summed E-state index contributed by atoms with van der Waals surface area (Å²) >= 11 is 0. The van der Waals surface area contributed by atoms with E-state index < -0.39 is 0 Å². The minimum Gasteiger partial charge on any atom is -0.314 e. The van der Waals surface area contributed by atoms with Gasteiger partial charge in [-0.1, -0.05) is 5.22 Å². The zero-order valence-corrected chi connectivity index (χ0v) is 7.75. The first-order chi connectivity index (χ1) is 6.86. The maximum Gasteiger partial charge on any atom is 0.172 e. The van der Waals surface area contributed by atoms with Crippen LogP contribution in [0.2, 0.25) is 0 Å². The van der Waals surface area contributed by atoms with Gasteiger partial charge in [-0.2, -0.15) is 0 Å². The second-order valence-electron chi connectivity index (χ2n) is 2.37. The van der Waals surface area contributed by atoms with E-state index in [1.807, 2.05) is 7.05 Å². The second-order valence-corrected chi connectivity index (χ2v) is 2.37. The van der Waals surface area contributed by atoms with Crippen molar-refractivity contribution >= 4 is 12.2 Å². The predicted octanol–water partition coefficient (Wildman–Crippen LogP) is 0.182. The quantitative estimate of drug-likeness (QED) is 0.234. The number of nitrogens with two attached hydrogens (primary N) is 1. The Hall–Kier alpha value is -1.89. The third-order valence-electron chi connectivity index (χ3n) is 1.36. The van der Waals surface area contributed by atoms with Crippen molar-refractivity contribution in [3.05, 3.63) is 18.1 Å². The van der Waals surface area contributed by atoms with Crippen molar-refractivity contribution in [2.75, 3.05) is 7.05 Å². The smallest absolute Gasteiger partial charge is 0.172 e. The summed E-state index contributed by atoms with van der Waals surface area (Å²) in [5.74, 6) is 5.25. The molecule has 0 bridgehead atoms. The molecule has 1 heterocycles. The second kappa shape index (κ2) is 5.70. The van der Waals surface area contributed by atoms with Crippen molar-refractivity contribution in [2.45, 2.75) is 6.54 Å². The summed E-state index contributed by atoms with van der Waals surface area (Å²) in [6.45, 7) is 0.680. The van der Waals surface area contributed by atoms with E-state index in [-0.39, 0.29) is 0 Å². The molecule has 74 valence electrons. The zero-order chi connectivity index (χ0) is 10.2. The number of rotatable bonds is 4. The molecule has 1 aromatic rings. The summed E-state index contributed by atoms with van der Waals surface area (Å²) in [4.78, 5) is 12.0. The van der Waals surface area contributed by atoms with Crippen LogP contribution in [0.15, 0.2) is 27.7 Å². The van der Waals surface area contributed by atoms with Gasteiger partial charge in [0.1, 0.15) is 6.34 Å². The molecule has 1 rings (SSSR count). The standard InChI is InChI=1S/C7H11N7/c1-9-2-6-3-11-7(4-10-6)12-5-13-14-8/h3-5,9H,2H2,1H3,(H2,8,11,12,13). The third-order valence-corrected chi connectivity index (χ3v) is 1.36. The maximum absolute atomic E-state index is 4.78. The number of nitrogens with zero attached hydrogens (tertiary/aromatic N) is 5. The minimum absolute atomic E-state index is 0.470. The molecule has 0 spiro atoms. The van der Waals surface area contributed by atoms with Gasteiger partial charge in [-0.25, -0.2) is 9.98 Å². The maximum atomic E-state index is 4.78. The first-order valence-electron chi connectivity index (χ1n) is 3.95. The average molecular weight is 193 g/mol. The predicted molar refractivity (Wildman–Crippen MR) is 52.0 cm³/mol. The molecule has 0 unspecified atom stereocenters. The molecule has 0 fully saturated rings. The summed E-state index contributed by atoms with van der Waals surface area (Å²) in [7, 11) is 1.84. The minimum atomic E-state index is 0.470. The fraction of sp³-hybridized carbons (Fsp3) is 0.286. The lowest BCUT2D eigenvalue weighted by atomic mass is 10.4. The van der Waals surface area contributed by atoms with Crippen molar-refractivity contribution in [3.63, 3.8) is 0 Å². The van der Waals surface area contributed by atoms with Gasteiger partial charge in [-0.3, -0.25) is 4.98 Å². The summed E-state index contributed by atoms with van der Waals surface area (Å²) in [6.07, 6.45) is 4.40. The van der Waals surface area contributed by atoms with Crippen molar-refractivity contribution in [3.8, 4) is 0 Å². The molecule has 0 aliphatic rings. The van der Waals surface area contributed by atoms with Gasteiger partial charge in [0.15, 0.2) is 5.82 Å². The van der Waals surface area contributed by atoms with Crippen molar-refractivity contribution in [2.24, 2.45) is 21.2 Å². The van der Waals surface area contributed by atoms with Crippen LogP contribution in [0, 0.1) is 0 Å². The molecule has 0 atom stereocenters. The zero-order valence-electron chi connectivity index (χ0n) is 7.75. The molecule has 7 nitrogen and oxygen atoms in total. The molecule has 7 heteroatoms. The molecule has 0 aromatic carbocycles. The van der Waals surface area contributed by atoms with Crippen molar-refractivity contribution in [1.29, 1.82) is 0 Å². The Morgan fingerprint density at radius 1 is 1.50 bits per heavy atom. The van der Waals surface area contributed by atoms with E-state index in [2.05, 4.69) is 30.6 Å². The highest BCUT2D eigenvalue weighted by Gasteiger charge is 1.93. The fourth-order valence-corrected chi connectivity index (χ4v) is 0.802. The Balaban J connectivity index is 2.63.